The van der Waals surface area contributed by atoms with Gasteiger partial charge in [0.25, 0.3) is 0 Å². The van der Waals surface area contributed by atoms with Gasteiger partial charge in [-0.15, -0.1) is 0 Å². The van der Waals surface area contributed by atoms with Gasteiger partial charge in [0.2, 0.25) is 0 Å². The quantitative estimate of drug-likeness (QED) is 0.124. The van der Waals surface area contributed by atoms with Crippen LogP contribution in [0.5, 0.6) is 0 Å². The molecule has 0 saturated heterocycles. The van der Waals surface area contributed by atoms with Crippen LogP contribution in [0.25, 0.3) is 0 Å². The number of rotatable bonds is 15. The first-order valence-electron chi connectivity index (χ1n) is 11.7. The van der Waals surface area contributed by atoms with E-state index in [2.05, 4.69) is 4.90 Å². The molecule has 0 amide bonds. The fraction of sp³-hybridized carbons (Fsp3) is 0.542. The van der Waals surface area contributed by atoms with E-state index < -0.39 is 48.3 Å². The van der Waals surface area contributed by atoms with Gasteiger partial charge in [0.1, 0.15) is 6.61 Å². The standard InChI is InChI=1S/C18H28N2O4.C6H8O7/c1-4-7-11-23-17(21)15-9-8-14(19)13-16(15)18(22)24-12-10-20(5-2)6-3;7-3(8)1-6(13,5(11)12)2-4(9)10/h8-9,13H,4-7,10-12,19H2,1-3H3;13H,1-2H2,(H,7,8)(H,9,10)(H,11,12). The van der Waals surface area contributed by atoms with Crippen LogP contribution in [0.1, 0.15) is 67.2 Å². The van der Waals surface area contributed by atoms with Gasteiger partial charge in [0.15, 0.2) is 5.60 Å². The van der Waals surface area contributed by atoms with Crippen LogP contribution < -0.4 is 5.73 Å². The average molecular weight is 529 g/mol. The Labute approximate surface area is 214 Å². The third kappa shape index (κ3) is 12.7. The van der Waals surface area contributed by atoms with Crippen LogP contribution in [-0.4, -0.2) is 93.6 Å². The van der Waals surface area contributed by atoms with E-state index in [1.54, 1.807) is 6.07 Å². The van der Waals surface area contributed by atoms with E-state index in [1.807, 2.05) is 20.8 Å². The molecule has 0 fully saturated rings. The lowest BCUT2D eigenvalue weighted by atomic mass is 9.96. The number of anilines is 1. The number of nitrogen functional groups attached to an aromatic ring is 1. The number of likely N-dealkylation sites (N-methyl/N-ethyl adjacent to an activating group) is 1. The third-order valence-corrected chi connectivity index (χ3v) is 5.04. The summed E-state index contributed by atoms with van der Waals surface area (Å²) in [6.07, 6.45) is -0.580. The van der Waals surface area contributed by atoms with E-state index in [-0.39, 0.29) is 17.7 Å². The third-order valence-electron chi connectivity index (χ3n) is 5.04. The van der Waals surface area contributed by atoms with Crippen molar-refractivity contribution < 1.29 is 53.9 Å². The molecule has 0 saturated carbocycles. The van der Waals surface area contributed by atoms with Crippen LogP contribution in [0.3, 0.4) is 0 Å². The molecule has 0 radical (unpaired) electrons. The molecular formula is C24H36N2O11. The molecule has 1 aromatic carbocycles. The Morgan fingerprint density at radius 2 is 1.38 bits per heavy atom. The largest absolute Gasteiger partial charge is 0.481 e. The summed E-state index contributed by atoms with van der Waals surface area (Å²) in [4.78, 5) is 57.1. The predicted molar refractivity (Wildman–Crippen MR) is 131 cm³/mol. The van der Waals surface area contributed by atoms with E-state index in [0.29, 0.717) is 18.8 Å². The van der Waals surface area contributed by atoms with Crippen LogP contribution in [-0.2, 0) is 23.9 Å². The monoisotopic (exact) mass is 528 g/mol. The van der Waals surface area contributed by atoms with Gasteiger partial charge in [-0.05, 0) is 37.7 Å². The van der Waals surface area contributed by atoms with Gasteiger partial charge in [0.05, 0.1) is 30.6 Å². The van der Waals surface area contributed by atoms with Crippen molar-refractivity contribution in [2.45, 2.75) is 52.1 Å². The Balaban J connectivity index is 0.000000845. The molecule has 1 rings (SSSR count). The molecule has 1 aromatic rings. The molecule has 0 unspecified atom stereocenters. The fourth-order valence-corrected chi connectivity index (χ4v) is 2.89. The molecule has 0 spiro atoms. The summed E-state index contributed by atoms with van der Waals surface area (Å²) in [6, 6.07) is 4.53. The average Bonchev–Trinajstić information content (AvgIpc) is 2.81. The van der Waals surface area contributed by atoms with Crippen molar-refractivity contribution in [2.75, 3.05) is 38.6 Å². The highest BCUT2D eigenvalue weighted by Crippen LogP contribution is 2.17. The van der Waals surface area contributed by atoms with E-state index in [1.165, 1.54) is 12.1 Å². The molecular weight excluding hydrogens is 492 g/mol. The Bertz CT molecular complexity index is 913. The summed E-state index contributed by atoms with van der Waals surface area (Å²) in [5.41, 5.74) is 3.74. The second kappa shape index (κ2) is 16.9. The minimum absolute atomic E-state index is 0.149. The number of carboxylic acid groups (broad SMARTS) is 3. The molecule has 208 valence electrons. The van der Waals surface area contributed by atoms with Crippen molar-refractivity contribution in [1.82, 2.24) is 4.90 Å². The molecule has 0 aliphatic rings. The predicted octanol–water partition coefficient (Wildman–Crippen LogP) is 1.48. The second-order valence-electron chi connectivity index (χ2n) is 7.94. The normalized spacial score (nSPS) is 10.7. The maximum Gasteiger partial charge on any atom is 0.339 e. The fourth-order valence-electron chi connectivity index (χ4n) is 2.89. The summed E-state index contributed by atoms with van der Waals surface area (Å²) in [5, 5.41) is 33.8. The number of nitrogens with zero attached hydrogens (tertiary/aromatic N) is 1. The summed E-state index contributed by atoms with van der Waals surface area (Å²) in [5.74, 6) is -6.11. The van der Waals surface area contributed by atoms with Gasteiger partial charge in [-0.1, -0.05) is 27.2 Å². The number of hydrogen-bond donors (Lipinski definition) is 5. The number of unbranched alkanes of at least 4 members (excludes halogenated alkanes) is 1. The van der Waals surface area contributed by atoms with Crippen LogP contribution in [0.4, 0.5) is 5.69 Å². The van der Waals surface area contributed by atoms with Crippen LogP contribution >= 0.6 is 0 Å². The first-order valence-corrected chi connectivity index (χ1v) is 11.7. The summed E-state index contributed by atoms with van der Waals surface area (Å²) in [7, 11) is 0. The highest BCUT2D eigenvalue weighted by atomic mass is 16.5. The van der Waals surface area contributed by atoms with E-state index >= 15 is 0 Å². The maximum atomic E-state index is 12.3. The Morgan fingerprint density at radius 1 is 0.865 bits per heavy atom. The van der Waals surface area contributed by atoms with Crippen LogP contribution in [0, 0.1) is 0 Å². The van der Waals surface area contributed by atoms with Crippen molar-refractivity contribution >= 4 is 35.5 Å². The Hall–Kier alpha value is -3.71. The number of carbonyl (C=O) groups excluding carboxylic acids is 2. The van der Waals surface area contributed by atoms with Gasteiger partial charge in [-0.3, -0.25) is 9.59 Å². The lowest BCUT2D eigenvalue weighted by molar-refractivity contribution is -0.170. The van der Waals surface area contributed by atoms with Crippen LogP contribution in [0.15, 0.2) is 18.2 Å². The summed E-state index contributed by atoms with van der Waals surface area (Å²) >= 11 is 0. The SMILES string of the molecule is CCCCOC(=O)c1ccc(N)cc1C(=O)OCCN(CC)CC.O=C(O)CC(O)(CC(=O)O)C(=O)O. The topological polar surface area (TPSA) is 214 Å². The lowest BCUT2D eigenvalue weighted by Gasteiger charge is -2.18. The zero-order chi connectivity index (χ0) is 28.6. The minimum atomic E-state index is -2.74. The molecule has 0 aliphatic heterocycles. The van der Waals surface area contributed by atoms with E-state index in [9.17, 15) is 24.0 Å². The van der Waals surface area contributed by atoms with Gasteiger partial charge < -0.3 is 40.5 Å². The minimum Gasteiger partial charge on any atom is -0.481 e. The Morgan fingerprint density at radius 3 is 1.84 bits per heavy atom. The van der Waals surface area contributed by atoms with Gasteiger partial charge in [0, 0.05) is 12.2 Å². The number of aliphatic hydroxyl groups is 1. The highest BCUT2D eigenvalue weighted by molar-refractivity contribution is 6.03. The molecule has 0 heterocycles. The molecule has 0 aliphatic carbocycles. The maximum absolute atomic E-state index is 12.3. The van der Waals surface area contributed by atoms with Gasteiger partial charge in [-0.2, -0.15) is 0 Å². The van der Waals surface area contributed by atoms with Gasteiger partial charge >= 0.3 is 29.8 Å². The molecule has 0 aromatic heterocycles. The van der Waals surface area contributed by atoms with Crippen LogP contribution in [0.2, 0.25) is 0 Å². The second-order valence-corrected chi connectivity index (χ2v) is 7.94. The van der Waals surface area contributed by atoms with Crippen molar-refractivity contribution in [3.8, 4) is 0 Å². The zero-order valence-electron chi connectivity index (χ0n) is 21.3. The first kappa shape index (κ1) is 33.3. The highest BCUT2D eigenvalue weighted by Gasteiger charge is 2.40. The van der Waals surface area contributed by atoms with Crippen molar-refractivity contribution in [3.05, 3.63) is 29.3 Å². The molecule has 0 bridgehead atoms. The molecule has 37 heavy (non-hydrogen) atoms. The number of carboxylic acids is 3. The number of esters is 2. The summed E-state index contributed by atoms with van der Waals surface area (Å²) < 4.78 is 10.5. The number of aliphatic carboxylic acids is 3. The smallest absolute Gasteiger partial charge is 0.339 e. The summed E-state index contributed by atoms with van der Waals surface area (Å²) in [6.45, 7) is 9.13. The van der Waals surface area contributed by atoms with Crippen molar-refractivity contribution in [3.63, 3.8) is 0 Å². The lowest BCUT2D eigenvalue weighted by Crippen LogP contribution is -2.42. The van der Waals surface area contributed by atoms with E-state index in [0.717, 1.165) is 25.9 Å². The van der Waals surface area contributed by atoms with E-state index in [4.69, 9.17) is 35.6 Å². The molecule has 13 nitrogen and oxygen atoms in total. The first-order chi connectivity index (χ1) is 17.3. The van der Waals surface area contributed by atoms with Crippen molar-refractivity contribution in [1.29, 1.82) is 0 Å². The Kier molecular flexibility index (Phi) is 15.2. The number of hydrogen-bond acceptors (Lipinski definition) is 10. The number of ether oxygens (including phenoxy) is 2. The number of nitrogens with two attached hydrogens (primary N) is 1. The zero-order valence-corrected chi connectivity index (χ0v) is 21.3. The number of benzene rings is 1. The van der Waals surface area contributed by atoms with Gasteiger partial charge in [-0.25, -0.2) is 14.4 Å². The molecule has 13 heteroatoms. The van der Waals surface area contributed by atoms with Crippen molar-refractivity contribution in [2.24, 2.45) is 0 Å². The molecule has 6 N–H and O–H groups in total. The number of carbonyl (C=O) groups is 5. The molecule has 0 atom stereocenters.